The lowest BCUT2D eigenvalue weighted by Gasteiger charge is -2.32. The zero-order chi connectivity index (χ0) is 22.1. The number of nitrogens with two attached hydrogens (primary N) is 1. The summed E-state index contributed by atoms with van der Waals surface area (Å²) in [4.78, 5) is 26.8. The Morgan fingerprint density at radius 1 is 1.25 bits per heavy atom. The second-order valence-electron chi connectivity index (χ2n) is 7.75. The van der Waals surface area contributed by atoms with Crippen LogP contribution in [0, 0.1) is 0 Å². The number of fused-ring (bicyclic) bond motifs is 1. The maximum atomic E-state index is 12.0. The smallest absolute Gasteiger partial charge is 0.248 e. The summed E-state index contributed by atoms with van der Waals surface area (Å²) in [5.74, 6) is 0.744. The number of carbonyl (C=O) groups excluding carboxylic acids is 1. The summed E-state index contributed by atoms with van der Waals surface area (Å²) in [6, 6.07) is 5.74. The molecule has 0 aliphatic carbocycles. The molecular formula is C22H23N7O3. The predicted octanol–water partition coefficient (Wildman–Crippen LogP) is 2.54. The second-order valence-corrected chi connectivity index (χ2v) is 7.75. The fourth-order valence-corrected chi connectivity index (χ4v) is 3.97. The lowest BCUT2D eigenvalue weighted by Crippen LogP contribution is -2.40. The normalized spacial score (nSPS) is 14.8. The lowest BCUT2D eigenvalue weighted by atomic mass is 10.0. The first-order chi connectivity index (χ1) is 15.6. The molecule has 5 heterocycles. The van der Waals surface area contributed by atoms with Crippen LogP contribution in [0.2, 0.25) is 0 Å². The molecule has 1 aliphatic rings. The average Bonchev–Trinajstić information content (AvgIpc) is 3.47. The minimum atomic E-state index is 0.0296. The van der Waals surface area contributed by atoms with Gasteiger partial charge >= 0.3 is 0 Å². The van der Waals surface area contributed by atoms with Gasteiger partial charge in [0.2, 0.25) is 11.8 Å². The molecule has 10 heteroatoms. The van der Waals surface area contributed by atoms with Crippen LogP contribution in [-0.4, -0.2) is 62.3 Å². The number of oxazole rings is 1. The molecule has 4 aromatic heterocycles. The third kappa shape index (κ3) is 3.80. The highest BCUT2D eigenvalue weighted by Crippen LogP contribution is 2.31. The third-order valence-corrected chi connectivity index (χ3v) is 5.71. The van der Waals surface area contributed by atoms with Crippen LogP contribution < -0.4 is 5.73 Å². The molecular weight excluding hydrogens is 410 g/mol. The van der Waals surface area contributed by atoms with E-state index in [4.69, 9.17) is 14.9 Å². The molecule has 0 aromatic carbocycles. The van der Waals surface area contributed by atoms with E-state index in [1.54, 1.807) is 18.5 Å². The van der Waals surface area contributed by atoms with Gasteiger partial charge in [0, 0.05) is 49.9 Å². The highest BCUT2D eigenvalue weighted by molar-refractivity contribution is 5.79. The van der Waals surface area contributed by atoms with Gasteiger partial charge in [-0.25, -0.2) is 9.97 Å². The molecule has 0 atom stereocenters. The van der Waals surface area contributed by atoms with Crippen LogP contribution in [0.1, 0.15) is 18.9 Å². The van der Waals surface area contributed by atoms with Gasteiger partial charge < -0.3 is 19.8 Å². The van der Waals surface area contributed by atoms with Crippen LogP contribution >= 0.6 is 0 Å². The van der Waals surface area contributed by atoms with Crippen molar-refractivity contribution >= 4 is 23.0 Å². The summed E-state index contributed by atoms with van der Waals surface area (Å²) in [6.45, 7) is 1.52. The fourth-order valence-electron chi connectivity index (χ4n) is 3.97. The molecule has 5 rings (SSSR count). The van der Waals surface area contributed by atoms with Crippen LogP contribution in [0.3, 0.4) is 0 Å². The number of nitrogens with zero attached hydrogens (tertiary/aromatic N) is 6. The summed E-state index contributed by atoms with van der Waals surface area (Å²) >= 11 is 0. The first kappa shape index (κ1) is 20.1. The Bertz CT molecular complexity index is 1220. The monoisotopic (exact) mass is 433 g/mol. The number of aromatic nitrogens is 5. The van der Waals surface area contributed by atoms with Gasteiger partial charge in [-0.3, -0.25) is 9.48 Å². The molecule has 1 amide bonds. The first-order valence-corrected chi connectivity index (χ1v) is 10.4. The summed E-state index contributed by atoms with van der Waals surface area (Å²) in [5, 5.41) is 4.56. The van der Waals surface area contributed by atoms with Crippen molar-refractivity contribution in [1.29, 1.82) is 0 Å². The van der Waals surface area contributed by atoms with E-state index in [9.17, 15) is 4.79 Å². The lowest BCUT2D eigenvalue weighted by molar-refractivity contribution is -0.136. The number of pyridine rings is 2. The standard InChI is InChI=1S/C22H23N7O3/c1-31-13-19(30)28-7-4-16(5-8-28)29-12-15(11-26-29)14-9-17(20(23)25-10-14)22-27-21-18(32-22)3-2-6-24-21/h2-3,6,9-12,16H,4-5,7-8,13H2,1H3,(H2,23,25). The number of amides is 1. The van der Waals surface area contributed by atoms with Crippen molar-refractivity contribution in [2.75, 3.05) is 32.5 Å². The second kappa shape index (κ2) is 8.39. The van der Waals surface area contributed by atoms with Crippen molar-refractivity contribution in [2.24, 2.45) is 0 Å². The molecule has 4 aromatic rings. The molecule has 1 fully saturated rings. The van der Waals surface area contributed by atoms with Crippen LogP contribution in [0.25, 0.3) is 33.8 Å². The highest BCUT2D eigenvalue weighted by Gasteiger charge is 2.24. The third-order valence-electron chi connectivity index (χ3n) is 5.71. The zero-order valence-corrected chi connectivity index (χ0v) is 17.6. The molecule has 0 bridgehead atoms. The largest absolute Gasteiger partial charge is 0.434 e. The number of methoxy groups -OCH3 is 1. The molecule has 10 nitrogen and oxygen atoms in total. The van der Waals surface area contributed by atoms with Gasteiger partial charge in [-0.15, -0.1) is 0 Å². The molecule has 164 valence electrons. The first-order valence-electron chi connectivity index (χ1n) is 10.4. The number of piperidine rings is 1. The quantitative estimate of drug-likeness (QED) is 0.509. The molecule has 0 spiro atoms. The van der Waals surface area contributed by atoms with E-state index in [1.165, 1.54) is 7.11 Å². The number of likely N-dealkylation sites (tertiary alicyclic amines) is 1. The number of anilines is 1. The minimum absolute atomic E-state index is 0.0296. The van der Waals surface area contributed by atoms with Crippen LogP contribution in [0.15, 0.2) is 47.4 Å². The zero-order valence-electron chi connectivity index (χ0n) is 17.6. The van der Waals surface area contributed by atoms with Crippen LogP contribution in [0.5, 0.6) is 0 Å². The van der Waals surface area contributed by atoms with E-state index >= 15 is 0 Å². The molecule has 0 unspecified atom stereocenters. The van der Waals surface area contributed by atoms with Crippen molar-refractivity contribution in [3.8, 4) is 22.6 Å². The van der Waals surface area contributed by atoms with Gasteiger partial charge in [-0.2, -0.15) is 10.1 Å². The SMILES string of the molecule is COCC(=O)N1CCC(n2cc(-c3cnc(N)c(-c4nc5ncccc5o4)c3)cn2)CC1. The van der Waals surface area contributed by atoms with E-state index in [-0.39, 0.29) is 18.6 Å². The predicted molar refractivity (Wildman–Crippen MR) is 117 cm³/mol. The van der Waals surface area contributed by atoms with Gasteiger partial charge in [0.25, 0.3) is 0 Å². The summed E-state index contributed by atoms with van der Waals surface area (Å²) < 4.78 is 12.7. The molecule has 2 N–H and O–H groups in total. The van der Waals surface area contributed by atoms with E-state index in [2.05, 4.69) is 20.1 Å². The van der Waals surface area contributed by atoms with E-state index in [1.807, 2.05) is 34.1 Å². The molecule has 0 radical (unpaired) electrons. The number of hydrogen-bond donors (Lipinski definition) is 1. The van der Waals surface area contributed by atoms with Crippen LogP contribution in [0.4, 0.5) is 5.82 Å². The van der Waals surface area contributed by atoms with Gasteiger partial charge in [-0.1, -0.05) is 0 Å². The maximum Gasteiger partial charge on any atom is 0.248 e. The van der Waals surface area contributed by atoms with Crippen LogP contribution in [-0.2, 0) is 9.53 Å². The number of ether oxygens (including phenoxy) is 1. The Kier molecular flexibility index (Phi) is 5.28. The molecule has 32 heavy (non-hydrogen) atoms. The molecule has 0 saturated carbocycles. The number of nitrogen functional groups attached to an aromatic ring is 1. The van der Waals surface area contributed by atoms with Gasteiger partial charge in [0.05, 0.1) is 17.8 Å². The van der Waals surface area contributed by atoms with E-state index < -0.39 is 0 Å². The summed E-state index contributed by atoms with van der Waals surface area (Å²) in [6.07, 6.45) is 8.89. The molecule has 1 saturated heterocycles. The van der Waals surface area contributed by atoms with Crippen molar-refractivity contribution in [3.63, 3.8) is 0 Å². The Balaban J connectivity index is 1.35. The van der Waals surface area contributed by atoms with Gasteiger partial charge in [0.1, 0.15) is 12.4 Å². The van der Waals surface area contributed by atoms with E-state index in [0.29, 0.717) is 41.6 Å². The summed E-state index contributed by atoms with van der Waals surface area (Å²) in [5.41, 5.74) is 9.62. The highest BCUT2D eigenvalue weighted by atomic mass is 16.5. The topological polar surface area (TPSA) is 125 Å². The van der Waals surface area contributed by atoms with Gasteiger partial charge in [-0.05, 0) is 31.0 Å². The van der Waals surface area contributed by atoms with Crippen molar-refractivity contribution in [1.82, 2.24) is 29.6 Å². The Morgan fingerprint density at radius 3 is 2.88 bits per heavy atom. The minimum Gasteiger partial charge on any atom is -0.434 e. The van der Waals surface area contributed by atoms with Crippen molar-refractivity contribution < 1.29 is 13.9 Å². The van der Waals surface area contributed by atoms with Gasteiger partial charge in [0.15, 0.2) is 11.2 Å². The Morgan fingerprint density at radius 2 is 2.09 bits per heavy atom. The van der Waals surface area contributed by atoms with E-state index in [0.717, 1.165) is 24.0 Å². The number of carbonyl (C=O) groups is 1. The number of rotatable bonds is 5. The summed E-state index contributed by atoms with van der Waals surface area (Å²) in [7, 11) is 1.54. The Labute approximate surface area is 184 Å². The van der Waals surface area contributed by atoms with Crippen molar-refractivity contribution in [2.45, 2.75) is 18.9 Å². The average molecular weight is 433 g/mol. The Hall–Kier alpha value is -3.79. The molecule has 1 aliphatic heterocycles. The maximum absolute atomic E-state index is 12.0. The fraction of sp³-hybridized carbons (Fsp3) is 0.318. The van der Waals surface area contributed by atoms with Crippen molar-refractivity contribution in [3.05, 3.63) is 43.0 Å². The number of hydrogen-bond acceptors (Lipinski definition) is 8.